The summed E-state index contributed by atoms with van der Waals surface area (Å²) >= 11 is 3.65. The molecule has 2 atom stereocenters. The normalized spacial score (nSPS) is 27.9. The zero-order chi connectivity index (χ0) is 14.9. The summed E-state index contributed by atoms with van der Waals surface area (Å²) < 4.78 is 0.298. The highest BCUT2D eigenvalue weighted by Gasteiger charge is 2.45. The van der Waals surface area contributed by atoms with Crippen LogP contribution >= 0.6 is 23.1 Å². The highest BCUT2D eigenvalue weighted by atomic mass is 32.2. The van der Waals surface area contributed by atoms with E-state index in [0.717, 1.165) is 19.4 Å². The Labute approximate surface area is 135 Å². The molecule has 1 aliphatic heterocycles. The molecule has 2 fully saturated rings. The fourth-order valence-corrected chi connectivity index (χ4v) is 5.00. The van der Waals surface area contributed by atoms with Crippen LogP contribution in [0.1, 0.15) is 50.8 Å². The lowest BCUT2D eigenvalue weighted by Gasteiger charge is -2.44. The van der Waals surface area contributed by atoms with Gasteiger partial charge in [-0.05, 0) is 47.9 Å². The molecule has 1 aromatic heterocycles. The van der Waals surface area contributed by atoms with Crippen molar-refractivity contribution >= 4 is 29.0 Å². The van der Waals surface area contributed by atoms with Crippen LogP contribution in [0.25, 0.3) is 0 Å². The third-order valence-corrected chi connectivity index (χ3v) is 6.95. The Kier molecular flexibility index (Phi) is 4.62. The molecule has 1 aromatic rings. The van der Waals surface area contributed by atoms with E-state index < -0.39 is 0 Å². The molecule has 1 aliphatic carbocycles. The molecular formula is C16H24N2OS2. The summed E-state index contributed by atoms with van der Waals surface area (Å²) in [6.45, 7) is 3.03. The first-order valence-corrected chi connectivity index (χ1v) is 9.99. The number of carbonyl (C=O) groups excluding carboxylic acids is 1. The number of nitrogens with zero attached hydrogens (tertiary/aromatic N) is 1. The van der Waals surface area contributed by atoms with E-state index in [1.807, 2.05) is 11.8 Å². The molecule has 3 nitrogen and oxygen atoms in total. The summed E-state index contributed by atoms with van der Waals surface area (Å²) in [4.78, 5) is 14.9. The lowest BCUT2D eigenvalue weighted by Crippen LogP contribution is -2.47. The first-order chi connectivity index (χ1) is 10.2. The second kappa shape index (κ2) is 6.31. The third kappa shape index (κ3) is 2.88. The van der Waals surface area contributed by atoms with Crippen molar-refractivity contribution in [1.29, 1.82) is 0 Å². The van der Waals surface area contributed by atoms with Crippen LogP contribution in [0.2, 0.25) is 0 Å². The summed E-state index contributed by atoms with van der Waals surface area (Å²) in [5, 5.41) is 7.83. The SMILES string of the molecule is CCCC1NC(c2ccsc2)N(CC2(SC)CCC2)C1=O. The number of amides is 1. The summed E-state index contributed by atoms with van der Waals surface area (Å²) in [5.74, 6) is 0.299. The first kappa shape index (κ1) is 15.4. The molecule has 1 N–H and O–H groups in total. The molecule has 3 rings (SSSR count). The molecule has 0 bridgehead atoms. The van der Waals surface area contributed by atoms with Gasteiger partial charge in [0.2, 0.25) is 5.91 Å². The van der Waals surface area contributed by atoms with Gasteiger partial charge in [-0.3, -0.25) is 10.1 Å². The van der Waals surface area contributed by atoms with Crippen molar-refractivity contribution < 1.29 is 4.79 Å². The molecule has 5 heteroatoms. The van der Waals surface area contributed by atoms with Gasteiger partial charge in [0.15, 0.2) is 0 Å². The van der Waals surface area contributed by atoms with Gasteiger partial charge in [0, 0.05) is 11.3 Å². The molecule has 21 heavy (non-hydrogen) atoms. The molecule has 2 unspecified atom stereocenters. The predicted molar refractivity (Wildman–Crippen MR) is 90.7 cm³/mol. The van der Waals surface area contributed by atoms with Gasteiger partial charge >= 0.3 is 0 Å². The van der Waals surface area contributed by atoms with Crippen molar-refractivity contribution in [3.63, 3.8) is 0 Å². The minimum absolute atomic E-state index is 0.00103. The van der Waals surface area contributed by atoms with Crippen molar-refractivity contribution in [3.8, 4) is 0 Å². The lowest BCUT2D eigenvalue weighted by molar-refractivity contribution is -0.130. The Hall–Kier alpha value is -0.520. The Balaban J connectivity index is 1.81. The number of hydrogen-bond acceptors (Lipinski definition) is 4. The Morgan fingerprint density at radius 2 is 2.33 bits per heavy atom. The van der Waals surface area contributed by atoms with E-state index in [1.54, 1.807) is 11.3 Å². The van der Waals surface area contributed by atoms with Crippen LogP contribution in [0, 0.1) is 0 Å². The maximum atomic E-state index is 12.8. The van der Waals surface area contributed by atoms with Gasteiger partial charge in [-0.25, -0.2) is 0 Å². The van der Waals surface area contributed by atoms with E-state index in [1.165, 1.54) is 24.8 Å². The summed E-state index contributed by atoms with van der Waals surface area (Å²) in [7, 11) is 0. The minimum Gasteiger partial charge on any atom is -0.320 e. The van der Waals surface area contributed by atoms with Gasteiger partial charge in [-0.2, -0.15) is 23.1 Å². The largest absolute Gasteiger partial charge is 0.320 e. The van der Waals surface area contributed by atoms with Crippen LogP contribution in [0.5, 0.6) is 0 Å². The molecule has 0 radical (unpaired) electrons. The monoisotopic (exact) mass is 324 g/mol. The zero-order valence-electron chi connectivity index (χ0n) is 12.8. The van der Waals surface area contributed by atoms with Crippen molar-refractivity contribution in [3.05, 3.63) is 22.4 Å². The number of thiophene rings is 1. The third-order valence-electron chi connectivity index (χ3n) is 4.84. The zero-order valence-corrected chi connectivity index (χ0v) is 14.4. The molecule has 0 spiro atoms. The van der Waals surface area contributed by atoms with Crippen molar-refractivity contribution in [2.24, 2.45) is 0 Å². The number of thioether (sulfide) groups is 1. The van der Waals surface area contributed by atoms with E-state index >= 15 is 0 Å². The van der Waals surface area contributed by atoms with Crippen LogP contribution in [0.15, 0.2) is 16.8 Å². The second-order valence-electron chi connectivity index (χ2n) is 6.17. The van der Waals surface area contributed by atoms with Crippen LogP contribution < -0.4 is 5.32 Å². The second-order valence-corrected chi connectivity index (χ2v) is 8.23. The fourth-order valence-electron chi connectivity index (χ4n) is 3.36. The maximum Gasteiger partial charge on any atom is 0.241 e. The number of hydrogen-bond donors (Lipinski definition) is 1. The molecule has 1 amide bonds. The quantitative estimate of drug-likeness (QED) is 0.867. The summed E-state index contributed by atoms with van der Waals surface area (Å²) in [5.41, 5.74) is 1.24. The standard InChI is InChI=1S/C16H24N2OS2/c1-3-5-13-15(19)18(11-16(20-2)7-4-8-16)14(17-13)12-6-9-21-10-12/h6,9-10,13-14,17H,3-5,7-8,11H2,1-2H3. The van der Waals surface area contributed by atoms with Gasteiger partial charge < -0.3 is 4.90 Å². The van der Waals surface area contributed by atoms with Gasteiger partial charge in [-0.15, -0.1) is 0 Å². The Bertz CT molecular complexity index is 479. The van der Waals surface area contributed by atoms with E-state index in [9.17, 15) is 4.79 Å². The minimum atomic E-state index is -0.00103. The van der Waals surface area contributed by atoms with Crippen molar-refractivity contribution in [1.82, 2.24) is 10.2 Å². The highest BCUT2D eigenvalue weighted by molar-refractivity contribution is 8.00. The number of rotatable bonds is 6. The summed E-state index contributed by atoms with van der Waals surface area (Å²) in [6, 6.07) is 2.14. The average molecular weight is 325 g/mol. The molecule has 1 saturated heterocycles. The van der Waals surface area contributed by atoms with Gasteiger partial charge in [0.25, 0.3) is 0 Å². The smallest absolute Gasteiger partial charge is 0.241 e. The lowest BCUT2D eigenvalue weighted by atomic mass is 9.83. The highest BCUT2D eigenvalue weighted by Crippen LogP contribution is 2.45. The maximum absolute atomic E-state index is 12.8. The van der Waals surface area contributed by atoms with Gasteiger partial charge in [-0.1, -0.05) is 19.8 Å². The van der Waals surface area contributed by atoms with Gasteiger partial charge in [0.1, 0.15) is 6.17 Å². The molecular weight excluding hydrogens is 300 g/mol. The van der Waals surface area contributed by atoms with Crippen LogP contribution in [0.3, 0.4) is 0 Å². The Morgan fingerprint density at radius 3 is 2.86 bits per heavy atom. The molecule has 1 saturated carbocycles. The molecule has 0 aromatic carbocycles. The van der Waals surface area contributed by atoms with Crippen molar-refractivity contribution in [2.45, 2.75) is 56.0 Å². The van der Waals surface area contributed by atoms with Gasteiger partial charge in [0.05, 0.1) is 6.04 Å². The molecule has 2 heterocycles. The topological polar surface area (TPSA) is 32.3 Å². The molecule has 2 aliphatic rings. The predicted octanol–water partition coefficient (Wildman–Crippen LogP) is 3.63. The average Bonchev–Trinajstić information content (AvgIpc) is 3.05. The molecule has 116 valence electrons. The van der Waals surface area contributed by atoms with E-state index in [-0.39, 0.29) is 12.2 Å². The van der Waals surface area contributed by atoms with Crippen LogP contribution in [0.4, 0.5) is 0 Å². The number of nitrogens with one attached hydrogen (secondary N) is 1. The van der Waals surface area contributed by atoms with Crippen LogP contribution in [-0.2, 0) is 4.79 Å². The Morgan fingerprint density at radius 1 is 1.52 bits per heavy atom. The number of carbonyl (C=O) groups is 1. The first-order valence-electron chi connectivity index (χ1n) is 7.83. The summed E-state index contributed by atoms with van der Waals surface area (Å²) in [6.07, 6.45) is 8.03. The fraction of sp³-hybridized carbons (Fsp3) is 0.688. The van der Waals surface area contributed by atoms with E-state index in [0.29, 0.717) is 10.7 Å². The van der Waals surface area contributed by atoms with Crippen LogP contribution in [-0.4, -0.2) is 34.4 Å². The van der Waals surface area contributed by atoms with E-state index in [2.05, 4.69) is 40.2 Å². The van der Waals surface area contributed by atoms with Crippen molar-refractivity contribution in [2.75, 3.05) is 12.8 Å². The van der Waals surface area contributed by atoms with E-state index in [4.69, 9.17) is 0 Å².